The van der Waals surface area contributed by atoms with Gasteiger partial charge in [0.25, 0.3) is 0 Å². The van der Waals surface area contributed by atoms with Crippen LogP contribution in [0.1, 0.15) is 24.5 Å². The fourth-order valence-corrected chi connectivity index (χ4v) is 3.58. The second kappa shape index (κ2) is 6.47. The summed E-state index contributed by atoms with van der Waals surface area (Å²) in [5, 5.41) is 15.7. The molecule has 0 aliphatic carbocycles. The number of carbonyl (C=O) groups excluding carboxylic acids is 3. The second-order valence-corrected chi connectivity index (χ2v) is 6.29. The zero-order valence-corrected chi connectivity index (χ0v) is 13.1. The summed E-state index contributed by atoms with van der Waals surface area (Å²) < 4.78 is 1.07. The van der Waals surface area contributed by atoms with E-state index < -0.39 is 12.0 Å². The molecule has 0 saturated carbocycles. The Morgan fingerprint density at radius 3 is 2.70 bits per heavy atom. The maximum Gasteiger partial charge on any atom is 0.240 e. The molecule has 0 unspecified atom stereocenters. The van der Waals surface area contributed by atoms with Crippen molar-refractivity contribution in [2.45, 2.75) is 18.9 Å². The summed E-state index contributed by atoms with van der Waals surface area (Å²) >= 11 is 1.53. The maximum atomic E-state index is 11.9. The lowest BCUT2D eigenvalue weighted by molar-refractivity contribution is -0.142. The number of amides is 3. The lowest BCUT2D eigenvalue weighted by Crippen LogP contribution is -2.41. The van der Waals surface area contributed by atoms with E-state index in [1.807, 2.05) is 29.6 Å². The highest BCUT2D eigenvalue weighted by Gasteiger charge is 2.30. The molecule has 1 fully saturated rings. The van der Waals surface area contributed by atoms with Crippen LogP contribution in [0.15, 0.2) is 29.6 Å². The van der Waals surface area contributed by atoms with Gasteiger partial charge in [0, 0.05) is 29.6 Å². The zero-order chi connectivity index (χ0) is 16.4. The Kier molecular flexibility index (Phi) is 4.40. The normalized spacial score (nSPS) is 16.1. The van der Waals surface area contributed by atoms with Gasteiger partial charge in [0.2, 0.25) is 17.7 Å². The summed E-state index contributed by atoms with van der Waals surface area (Å²) in [6, 6.07) is 7.72. The maximum absolute atomic E-state index is 11.9. The van der Waals surface area contributed by atoms with Crippen molar-refractivity contribution in [1.82, 2.24) is 10.2 Å². The van der Waals surface area contributed by atoms with Crippen LogP contribution < -0.4 is 5.32 Å². The average molecular weight is 332 g/mol. The number of hydrogen-bond donors (Lipinski definition) is 2. The molecule has 1 aliphatic rings. The highest BCUT2D eigenvalue weighted by molar-refractivity contribution is 7.17. The number of nitrogens with one attached hydrogen (secondary N) is 1. The van der Waals surface area contributed by atoms with E-state index in [4.69, 9.17) is 0 Å². The first kappa shape index (κ1) is 15.6. The molecule has 0 spiro atoms. The largest absolute Gasteiger partial charge is 0.387 e. The number of imide groups is 1. The Bertz CT molecular complexity index is 754. The molecule has 1 aromatic heterocycles. The van der Waals surface area contributed by atoms with Gasteiger partial charge in [0.05, 0.1) is 6.10 Å². The van der Waals surface area contributed by atoms with Crippen molar-refractivity contribution in [2.24, 2.45) is 0 Å². The highest BCUT2D eigenvalue weighted by Crippen LogP contribution is 2.29. The molecule has 3 rings (SSSR count). The van der Waals surface area contributed by atoms with Crippen molar-refractivity contribution < 1.29 is 19.5 Å². The van der Waals surface area contributed by atoms with E-state index in [1.165, 1.54) is 11.3 Å². The van der Waals surface area contributed by atoms with Crippen molar-refractivity contribution in [2.75, 3.05) is 13.1 Å². The molecule has 2 heterocycles. The number of hydrogen-bond acceptors (Lipinski definition) is 5. The van der Waals surface area contributed by atoms with Crippen molar-refractivity contribution in [3.05, 3.63) is 35.2 Å². The zero-order valence-electron chi connectivity index (χ0n) is 12.3. The van der Waals surface area contributed by atoms with Crippen molar-refractivity contribution in [1.29, 1.82) is 0 Å². The van der Waals surface area contributed by atoms with Crippen molar-refractivity contribution in [3.8, 4) is 0 Å². The molecule has 2 N–H and O–H groups in total. The molecule has 1 aromatic carbocycles. The van der Waals surface area contributed by atoms with E-state index in [0.29, 0.717) is 0 Å². The molecular weight excluding hydrogens is 316 g/mol. The first-order valence-electron chi connectivity index (χ1n) is 7.30. The highest BCUT2D eigenvalue weighted by atomic mass is 32.1. The Balaban J connectivity index is 1.58. The minimum Gasteiger partial charge on any atom is -0.387 e. The Labute approximate surface area is 136 Å². The first-order chi connectivity index (χ1) is 11.1. The minimum absolute atomic E-state index is 0.0375. The summed E-state index contributed by atoms with van der Waals surface area (Å²) in [5.74, 6) is -1.10. The van der Waals surface area contributed by atoms with Crippen LogP contribution in [-0.4, -0.2) is 40.8 Å². The molecular formula is C16H16N2O4S. The number of benzene rings is 1. The third-order valence-electron chi connectivity index (χ3n) is 3.82. The number of aliphatic hydroxyl groups is 1. The number of carbonyl (C=O) groups is 3. The average Bonchev–Trinajstić information content (AvgIpc) is 3.11. The minimum atomic E-state index is -0.833. The van der Waals surface area contributed by atoms with Gasteiger partial charge >= 0.3 is 0 Å². The van der Waals surface area contributed by atoms with Gasteiger partial charge in [-0.15, -0.1) is 11.3 Å². The van der Waals surface area contributed by atoms with Crippen molar-refractivity contribution >= 4 is 39.1 Å². The van der Waals surface area contributed by atoms with E-state index in [0.717, 1.165) is 20.5 Å². The number of likely N-dealkylation sites (tertiary alicyclic amines) is 1. The lowest BCUT2D eigenvalue weighted by Gasteiger charge is -2.15. The van der Waals surface area contributed by atoms with Crippen LogP contribution in [0.4, 0.5) is 0 Å². The lowest BCUT2D eigenvalue weighted by atomic mass is 10.1. The molecule has 2 aromatic rings. The molecule has 0 bridgehead atoms. The molecule has 23 heavy (non-hydrogen) atoms. The molecule has 7 heteroatoms. The quantitative estimate of drug-likeness (QED) is 0.806. The molecule has 0 radical (unpaired) electrons. The van der Waals surface area contributed by atoms with Gasteiger partial charge in [-0.3, -0.25) is 19.3 Å². The summed E-state index contributed by atoms with van der Waals surface area (Å²) in [4.78, 5) is 35.8. The predicted molar refractivity (Wildman–Crippen MR) is 85.7 cm³/mol. The molecule has 1 saturated heterocycles. The van der Waals surface area contributed by atoms with E-state index >= 15 is 0 Å². The van der Waals surface area contributed by atoms with Gasteiger partial charge in [-0.2, -0.15) is 0 Å². The van der Waals surface area contributed by atoms with E-state index in [-0.39, 0.29) is 37.7 Å². The van der Waals surface area contributed by atoms with Gasteiger partial charge in [-0.05, 0) is 16.8 Å². The van der Waals surface area contributed by atoms with E-state index in [1.54, 1.807) is 0 Å². The molecule has 3 amide bonds. The topological polar surface area (TPSA) is 86.7 Å². The van der Waals surface area contributed by atoms with Gasteiger partial charge < -0.3 is 10.4 Å². The molecule has 6 nitrogen and oxygen atoms in total. The van der Waals surface area contributed by atoms with Crippen LogP contribution in [0.3, 0.4) is 0 Å². The van der Waals surface area contributed by atoms with Crippen molar-refractivity contribution in [3.63, 3.8) is 0 Å². The van der Waals surface area contributed by atoms with Crippen LogP contribution in [0.5, 0.6) is 0 Å². The van der Waals surface area contributed by atoms with E-state index in [2.05, 4.69) is 5.32 Å². The third kappa shape index (κ3) is 3.25. The number of nitrogens with zero attached hydrogens (tertiary/aromatic N) is 1. The predicted octanol–water partition coefficient (Wildman–Crippen LogP) is 1.20. The summed E-state index contributed by atoms with van der Waals surface area (Å²) in [5.41, 5.74) is 0.763. The third-order valence-corrected chi connectivity index (χ3v) is 4.80. The first-order valence-corrected chi connectivity index (χ1v) is 8.18. The standard InChI is InChI=1S/C16H16N2O4S/c19-12(11-9-23-13-4-2-1-3-10(11)13)7-17-14(20)8-18-15(21)5-6-16(18)22/h1-4,9,12,19H,5-8H2,(H,17,20)/t12-/m1/s1. The number of aliphatic hydroxyl groups excluding tert-OH is 1. The SMILES string of the molecule is O=C(CN1C(=O)CCC1=O)NC[C@@H](O)c1csc2ccccc12. The smallest absolute Gasteiger partial charge is 0.240 e. The van der Waals surface area contributed by atoms with Gasteiger partial charge in [-0.1, -0.05) is 18.2 Å². The summed E-state index contributed by atoms with van der Waals surface area (Å²) in [7, 11) is 0. The summed E-state index contributed by atoms with van der Waals surface area (Å²) in [6.45, 7) is -0.245. The Morgan fingerprint density at radius 2 is 1.96 bits per heavy atom. The van der Waals surface area contributed by atoms with Gasteiger partial charge in [0.15, 0.2) is 0 Å². The van der Waals surface area contributed by atoms with Gasteiger partial charge in [-0.25, -0.2) is 0 Å². The van der Waals surface area contributed by atoms with Crippen LogP contribution in [0.2, 0.25) is 0 Å². The fourth-order valence-electron chi connectivity index (χ4n) is 2.58. The fraction of sp³-hybridized carbons (Fsp3) is 0.312. The monoisotopic (exact) mass is 332 g/mol. The Hall–Kier alpha value is -2.25. The second-order valence-electron chi connectivity index (χ2n) is 5.38. The Morgan fingerprint density at radius 1 is 1.26 bits per heavy atom. The van der Waals surface area contributed by atoms with Crippen LogP contribution in [0.25, 0.3) is 10.1 Å². The van der Waals surface area contributed by atoms with E-state index in [9.17, 15) is 19.5 Å². The number of thiophene rings is 1. The van der Waals surface area contributed by atoms with Crippen LogP contribution in [-0.2, 0) is 14.4 Å². The van der Waals surface area contributed by atoms with Crippen LogP contribution in [0, 0.1) is 0 Å². The van der Waals surface area contributed by atoms with Gasteiger partial charge in [0.1, 0.15) is 6.54 Å². The summed E-state index contributed by atoms with van der Waals surface area (Å²) in [6.07, 6.45) is -0.509. The molecule has 1 atom stereocenters. The van der Waals surface area contributed by atoms with Crippen LogP contribution >= 0.6 is 11.3 Å². The number of rotatable bonds is 5. The molecule has 120 valence electrons. The molecule has 1 aliphatic heterocycles. The number of fused-ring (bicyclic) bond motifs is 1.